The lowest BCUT2D eigenvalue weighted by atomic mass is 9.97. The summed E-state index contributed by atoms with van der Waals surface area (Å²) in [5.74, 6) is 0.189. The van der Waals surface area contributed by atoms with E-state index in [4.69, 9.17) is 29.0 Å². The molecule has 0 spiro atoms. The van der Waals surface area contributed by atoms with Crippen molar-refractivity contribution >= 4 is 36.6 Å². The van der Waals surface area contributed by atoms with Gasteiger partial charge in [0, 0.05) is 18.5 Å². The van der Waals surface area contributed by atoms with Crippen LogP contribution in [0.15, 0.2) is 47.4 Å². The first-order valence-corrected chi connectivity index (χ1v) is 15.6. The molecule has 4 N–H and O–H groups in total. The van der Waals surface area contributed by atoms with Crippen molar-refractivity contribution in [2.45, 2.75) is 58.8 Å². The molecule has 1 aromatic carbocycles. The van der Waals surface area contributed by atoms with Gasteiger partial charge in [-0.2, -0.15) is 4.98 Å². The first-order valence-electron chi connectivity index (χ1n) is 13.1. The summed E-state index contributed by atoms with van der Waals surface area (Å²) in [5.41, 5.74) is 3.62. The van der Waals surface area contributed by atoms with Gasteiger partial charge in [-0.25, -0.2) is 19.2 Å². The second-order valence-electron chi connectivity index (χ2n) is 10.6. The summed E-state index contributed by atoms with van der Waals surface area (Å²) in [6.07, 6.45) is -1.59. The maximum atomic E-state index is 13.8. The minimum atomic E-state index is -4.04. The summed E-state index contributed by atoms with van der Waals surface area (Å²) >= 11 is 0.942. The molecular weight excluding hydrogens is 591 g/mol. The van der Waals surface area contributed by atoms with Gasteiger partial charge in [0.25, 0.3) is 0 Å². The van der Waals surface area contributed by atoms with E-state index in [2.05, 4.69) is 10.1 Å². The SMILES string of the molecule is CC(C)(CO)C(=O)SCCOP(=O)(NCc1ccccc1)OCC(OCn1ccc(N)nc1=O)[C@H]1OC(=O)OC1(C)C. The molecule has 0 amide bonds. The Labute approximate surface area is 247 Å². The van der Waals surface area contributed by atoms with E-state index >= 15 is 0 Å². The van der Waals surface area contributed by atoms with Gasteiger partial charge in [-0.15, -0.1) is 0 Å². The van der Waals surface area contributed by atoms with Crippen LogP contribution in [-0.2, 0) is 45.9 Å². The average Bonchev–Trinajstić information content (AvgIpc) is 3.22. The number of rotatable bonds is 16. The molecule has 1 aliphatic heterocycles. The number of cyclic esters (lactones) is 2. The number of aromatic nitrogens is 2. The van der Waals surface area contributed by atoms with Crippen molar-refractivity contribution in [3.8, 4) is 0 Å². The molecule has 3 rings (SSSR count). The summed E-state index contributed by atoms with van der Waals surface area (Å²) in [7, 11) is -4.04. The first kappa shape index (κ1) is 33.7. The van der Waals surface area contributed by atoms with Crippen molar-refractivity contribution in [1.82, 2.24) is 14.6 Å². The van der Waals surface area contributed by atoms with Crippen molar-refractivity contribution in [1.29, 1.82) is 0 Å². The number of nitrogens with one attached hydrogen (secondary N) is 1. The van der Waals surface area contributed by atoms with Crippen LogP contribution in [0.1, 0.15) is 33.3 Å². The molecule has 16 heteroatoms. The summed E-state index contributed by atoms with van der Waals surface area (Å²) in [4.78, 5) is 40.2. The van der Waals surface area contributed by atoms with Gasteiger partial charge in [-0.1, -0.05) is 42.1 Å². The van der Waals surface area contributed by atoms with Crippen molar-refractivity contribution in [3.05, 3.63) is 58.6 Å². The zero-order chi connectivity index (χ0) is 31.0. The number of hydrogen-bond acceptors (Lipinski definition) is 13. The number of ether oxygens (including phenoxy) is 3. The van der Waals surface area contributed by atoms with E-state index in [0.717, 1.165) is 21.9 Å². The smallest absolute Gasteiger partial charge is 0.424 e. The molecule has 0 radical (unpaired) electrons. The van der Waals surface area contributed by atoms with Gasteiger partial charge in [-0.3, -0.25) is 18.4 Å². The number of benzene rings is 1. The van der Waals surface area contributed by atoms with E-state index in [1.54, 1.807) is 27.7 Å². The molecule has 0 aliphatic carbocycles. The zero-order valence-corrected chi connectivity index (χ0v) is 25.6. The maximum absolute atomic E-state index is 13.8. The van der Waals surface area contributed by atoms with Gasteiger partial charge in [-0.05, 0) is 39.3 Å². The predicted octanol–water partition coefficient (Wildman–Crippen LogP) is 2.69. The molecule has 2 heterocycles. The molecule has 1 saturated heterocycles. The van der Waals surface area contributed by atoms with Crippen LogP contribution in [0, 0.1) is 5.41 Å². The third kappa shape index (κ3) is 9.63. The molecular formula is C26H37N4O10PS. The second-order valence-corrected chi connectivity index (χ2v) is 13.5. The van der Waals surface area contributed by atoms with E-state index in [1.807, 2.05) is 30.3 Å². The van der Waals surface area contributed by atoms with Gasteiger partial charge in [0.15, 0.2) is 11.2 Å². The van der Waals surface area contributed by atoms with Gasteiger partial charge < -0.3 is 25.1 Å². The highest BCUT2D eigenvalue weighted by atomic mass is 32.2. The highest BCUT2D eigenvalue weighted by molar-refractivity contribution is 8.13. The van der Waals surface area contributed by atoms with E-state index in [0.29, 0.717) is 0 Å². The Balaban J connectivity index is 1.74. The summed E-state index contributed by atoms with van der Waals surface area (Å²) in [6, 6.07) is 10.6. The number of hydrogen-bond donors (Lipinski definition) is 3. The van der Waals surface area contributed by atoms with Crippen LogP contribution in [-0.4, -0.2) is 69.3 Å². The quantitative estimate of drug-likeness (QED) is 0.140. The monoisotopic (exact) mass is 628 g/mol. The van der Waals surface area contributed by atoms with Crippen LogP contribution in [0.5, 0.6) is 0 Å². The second kappa shape index (κ2) is 14.6. The van der Waals surface area contributed by atoms with Crippen molar-refractivity contribution in [3.63, 3.8) is 0 Å². The Kier molecular flexibility index (Phi) is 11.7. The fraction of sp³-hybridized carbons (Fsp3) is 0.538. The lowest BCUT2D eigenvalue weighted by Gasteiger charge is -2.30. The standard InChI is InChI=1S/C26H37N4O10PS/c1-25(2,16-31)22(32)42-13-12-37-41(35,28-14-18-8-6-5-7-9-18)38-15-19(21-26(3,4)40-24(34)39-21)36-17-30-11-10-20(27)29-23(30)33/h5-11,19,21,31H,12-17H2,1-4H3,(H,28,35)(H2,27,29,33)/t19?,21-,41?/m1/s1. The summed E-state index contributed by atoms with van der Waals surface area (Å²) < 4.78 is 42.9. The molecule has 1 aromatic heterocycles. The molecule has 2 unspecified atom stereocenters. The third-order valence-electron chi connectivity index (χ3n) is 6.17. The third-order valence-corrected chi connectivity index (χ3v) is 8.91. The van der Waals surface area contributed by atoms with Crippen molar-refractivity contribution < 1.29 is 42.5 Å². The number of carbonyl (C=O) groups is 2. The van der Waals surface area contributed by atoms with E-state index < -0.39 is 49.4 Å². The first-order chi connectivity index (χ1) is 19.7. The number of carbonyl (C=O) groups excluding carboxylic acids is 2. The Morgan fingerprint density at radius 3 is 2.60 bits per heavy atom. The minimum absolute atomic E-state index is 0.0396. The van der Waals surface area contributed by atoms with Crippen LogP contribution in [0.25, 0.3) is 0 Å². The molecule has 1 fully saturated rings. The number of aliphatic hydroxyl groups is 1. The molecule has 232 valence electrons. The van der Waals surface area contributed by atoms with Gasteiger partial charge in [0.2, 0.25) is 0 Å². The van der Waals surface area contributed by atoms with E-state index in [-0.39, 0.29) is 43.2 Å². The van der Waals surface area contributed by atoms with Crippen LogP contribution < -0.4 is 16.5 Å². The van der Waals surface area contributed by atoms with Crippen LogP contribution >= 0.6 is 19.5 Å². The number of anilines is 1. The highest BCUT2D eigenvalue weighted by Gasteiger charge is 2.49. The minimum Gasteiger partial charge on any atom is -0.424 e. The lowest BCUT2D eigenvalue weighted by molar-refractivity contribution is -0.119. The number of aliphatic hydroxyl groups excluding tert-OH is 1. The fourth-order valence-corrected chi connectivity index (χ4v) is 5.88. The molecule has 2 aromatic rings. The van der Waals surface area contributed by atoms with Gasteiger partial charge in [0.05, 0.1) is 25.2 Å². The molecule has 0 saturated carbocycles. The van der Waals surface area contributed by atoms with Gasteiger partial charge >= 0.3 is 19.6 Å². The highest BCUT2D eigenvalue weighted by Crippen LogP contribution is 2.45. The van der Waals surface area contributed by atoms with Crippen LogP contribution in [0.3, 0.4) is 0 Å². The average molecular weight is 629 g/mol. The fourth-order valence-electron chi connectivity index (χ4n) is 3.64. The zero-order valence-electron chi connectivity index (χ0n) is 23.9. The van der Waals surface area contributed by atoms with E-state index in [1.165, 1.54) is 12.3 Å². The predicted molar refractivity (Wildman–Crippen MR) is 154 cm³/mol. The molecule has 3 atom stereocenters. The maximum Gasteiger partial charge on any atom is 0.509 e. The Hall–Kier alpha value is -2.78. The Morgan fingerprint density at radius 1 is 1.26 bits per heavy atom. The normalized spacial score (nSPS) is 18.6. The Bertz CT molecular complexity index is 1320. The van der Waals surface area contributed by atoms with Crippen LogP contribution in [0.2, 0.25) is 0 Å². The van der Waals surface area contributed by atoms with Gasteiger partial charge in [0.1, 0.15) is 24.3 Å². The number of nitrogens with zero attached hydrogens (tertiary/aromatic N) is 2. The molecule has 14 nitrogen and oxygen atoms in total. The summed E-state index contributed by atoms with van der Waals surface area (Å²) in [6.45, 7) is 5.45. The molecule has 0 bridgehead atoms. The molecule has 42 heavy (non-hydrogen) atoms. The van der Waals surface area contributed by atoms with Crippen molar-refractivity contribution in [2.75, 3.05) is 31.3 Å². The Morgan fingerprint density at radius 2 is 1.98 bits per heavy atom. The van der Waals surface area contributed by atoms with E-state index in [9.17, 15) is 24.1 Å². The largest absolute Gasteiger partial charge is 0.509 e. The lowest BCUT2D eigenvalue weighted by Crippen LogP contribution is -2.46. The number of nitrogen functional groups attached to an aromatic ring is 1. The van der Waals surface area contributed by atoms with Crippen molar-refractivity contribution in [2.24, 2.45) is 5.41 Å². The summed E-state index contributed by atoms with van der Waals surface area (Å²) in [5, 5.41) is 12.0. The number of thioether (sulfide) groups is 1. The number of nitrogens with two attached hydrogens (primary N) is 1. The van der Waals surface area contributed by atoms with Crippen LogP contribution in [0.4, 0.5) is 10.6 Å². The molecule has 1 aliphatic rings. The topological polar surface area (TPSA) is 191 Å².